The van der Waals surface area contributed by atoms with Crippen LogP contribution in [-0.4, -0.2) is 46.9 Å². The molecule has 7 heteroatoms. The Kier molecular flexibility index (Phi) is 7.88. The SMILES string of the molecule is CC[C@H](C)N(CC(=O)Nc1cccc(C)c1C)C(=O)COC(=O)c1ccccn1. The molecule has 0 unspecified atom stereocenters. The second-order valence-corrected chi connectivity index (χ2v) is 6.87. The summed E-state index contributed by atoms with van der Waals surface area (Å²) in [6, 6.07) is 10.3. The predicted molar refractivity (Wildman–Crippen MR) is 111 cm³/mol. The number of anilines is 1. The molecular formula is C22H27N3O4. The van der Waals surface area contributed by atoms with Gasteiger partial charge in [0, 0.05) is 17.9 Å². The summed E-state index contributed by atoms with van der Waals surface area (Å²) in [5.41, 5.74) is 2.89. The first kappa shape index (κ1) is 22.1. The molecule has 1 aromatic carbocycles. The van der Waals surface area contributed by atoms with Gasteiger partial charge in [0.25, 0.3) is 5.91 Å². The van der Waals surface area contributed by atoms with E-state index in [1.54, 1.807) is 12.1 Å². The van der Waals surface area contributed by atoms with Crippen molar-refractivity contribution < 1.29 is 19.1 Å². The van der Waals surface area contributed by atoms with Crippen LogP contribution >= 0.6 is 0 Å². The molecule has 0 saturated carbocycles. The van der Waals surface area contributed by atoms with E-state index in [2.05, 4.69) is 10.3 Å². The number of aryl methyl sites for hydroxylation is 1. The van der Waals surface area contributed by atoms with E-state index in [-0.39, 0.29) is 24.2 Å². The lowest BCUT2D eigenvalue weighted by atomic mass is 10.1. The fraction of sp³-hybridized carbons (Fsp3) is 0.364. The third-order valence-electron chi connectivity index (χ3n) is 4.84. The smallest absolute Gasteiger partial charge is 0.357 e. The van der Waals surface area contributed by atoms with Crippen LogP contribution in [0.5, 0.6) is 0 Å². The monoisotopic (exact) mass is 397 g/mol. The van der Waals surface area contributed by atoms with Crippen LogP contribution in [-0.2, 0) is 14.3 Å². The Morgan fingerprint density at radius 3 is 2.55 bits per heavy atom. The van der Waals surface area contributed by atoms with Crippen molar-refractivity contribution in [2.45, 2.75) is 40.2 Å². The third-order valence-corrected chi connectivity index (χ3v) is 4.84. The molecule has 0 aliphatic carbocycles. The minimum absolute atomic E-state index is 0.123. The van der Waals surface area contributed by atoms with Crippen molar-refractivity contribution in [3.8, 4) is 0 Å². The highest BCUT2D eigenvalue weighted by Gasteiger charge is 2.23. The fourth-order valence-corrected chi connectivity index (χ4v) is 2.71. The van der Waals surface area contributed by atoms with Gasteiger partial charge < -0.3 is 15.0 Å². The van der Waals surface area contributed by atoms with Crippen LogP contribution in [0.4, 0.5) is 5.69 Å². The topological polar surface area (TPSA) is 88.6 Å². The molecule has 2 rings (SSSR count). The van der Waals surface area contributed by atoms with Gasteiger partial charge in [-0.15, -0.1) is 0 Å². The Morgan fingerprint density at radius 2 is 1.90 bits per heavy atom. The summed E-state index contributed by atoms with van der Waals surface area (Å²) in [4.78, 5) is 42.5. The normalized spacial score (nSPS) is 11.4. The number of carbonyl (C=O) groups is 3. The van der Waals surface area contributed by atoms with Gasteiger partial charge in [0.2, 0.25) is 5.91 Å². The number of pyridine rings is 1. The average Bonchev–Trinajstić information content (AvgIpc) is 2.73. The van der Waals surface area contributed by atoms with Crippen LogP contribution in [0, 0.1) is 13.8 Å². The van der Waals surface area contributed by atoms with Crippen LogP contribution in [0.3, 0.4) is 0 Å². The van der Waals surface area contributed by atoms with Crippen molar-refractivity contribution in [2.24, 2.45) is 0 Å². The van der Waals surface area contributed by atoms with Crippen LogP contribution < -0.4 is 5.32 Å². The van der Waals surface area contributed by atoms with E-state index in [0.29, 0.717) is 12.1 Å². The van der Waals surface area contributed by atoms with Crippen LogP contribution in [0.2, 0.25) is 0 Å². The van der Waals surface area contributed by atoms with Gasteiger partial charge in [0.05, 0.1) is 0 Å². The van der Waals surface area contributed by atoms with Crippen molar-refractivity contribution in [1.29, 1.82) is 0 Å². The largest absolute Gasteiger partial charge is 0.451 e. The number of ether oxygens (including phenoxy) is 1. The minimum Gasteiger partial charge on any atom is -0.451 e. The van der Waals surface area contributed by atoms with Gasteiger partial charge >= 0.3 is 5.97 Å². The molecule has 2 aromatic rings. The summed E-state index contributed by atoms with van der Waals surface area (Å²) < 4.78 is 5.08. The van der Waals surface area contributed by atoms with Gasteiger partial charge in [0.1, 0.15) is 12.2 Å². The first-order valence-corrected chi connectivity index (χ1v) is 9.57. The number of nitrogens with one attached hydrogen (secondary N) is 1. The average molecular weight is 397 g/mol. The first-order chi connectivity index (χ1) is 13.8. The van der Waals surface area contributed by atoms with Gasteiger partial charge in [-0.25, -0.2) is 9.78 Å². The van der Waals surface area contributed by atoms with Gasteiger partial charge in [-0.1, -0.05) is 25.1 Å². The molecule has 0 spiro atoms. The molecule has 1 aromatic heterocycles. The van der Waals surface area contributed by atoms with Crippen LogP contribution in [0.1, 0.15) is 41.9 Å². The lowest BCUT2D eigenvalue weighted by Gasteiger charge is -2.28. The Bertz CT molecular complexity index is 868. The van der Waals surface area contributed by atoms with Crippen molar-refractivity contribution >= 4 is 23.5 Å². The molecule has 7 nitrogen and oxygen atoms in total. The quantitative estimate of drug-likeness (QED) is 0.692. The number of amides is 2. The molecule has 0 fully saturated rings. The summed E-state index contributed by atoms with van der Waals surface area (Å²) >= 11 is 0. The molecule has 154 valence electrons. The van der Waals surface area contributed by atoms with Crippen molar-refractivity contribution in [2.75, 3.05) is 18.5 Å². The third kappa shape index (κ3) is 6.14. The lowest BCUT2D eigenvalue weighted by Crippen LogP contribution is -2.45. The van der Waals surface area contributed by atoms with E-state index >= 15 is 0 Å². The second kappa shape index (κ2) is 10.4. The Balaban J connectivity index is 2.00. The Morgan fingerprint density at radius 1 is 1.14 bits per heavy atom. The highest BCUT2D eigenvalue weighted by molar-refractivity contribution is 5.96. The van der Waals surface area contributed by atoms with Crippen LogP contribution in [0.25, 0.3) is 0 Å². The molecule has 2 amide bonds. The Hall–Kier alpha value is -3.22. The minimum atomic E-state index is -0.678. The van der Waals surface area contributed by atoms with E-state index in [0.717, 1.165) is 11.1 Å². The highest BCUT2D eigenvalue weighted by atomic mass is 16.5. The number of nitrogens with zero attached hydrogens (tertiary/aromatic N) is 2. The fourth-order valence-electron chi connectivity index (χ4n) is 2.71. The van der Waals surface area contributed by atoms with E-state index in [9.17, 15) is 14.4 Å². The predicted octanol–water partition coefficient (Wildman–Crippen LogP) is 3.12. The van der Waals surface area contributed by atoms with E-state index in [1.807, 2.05) is 45.9 Å². The standard InChI is InChI=1S/C22H27N3O4/c1-5-16(3)25(13-20(26)24-18-11-8-9-15(2)17(18)4)21(27)14-29-22(28)19-10-6-7-12-23-19/h6-12,16H,5,13-14H2,1-4H3,(H,24,26)/t16-/m0/s1. The second-order valence-electron chi connectivity index (χ2n) is 6.87. The molecule has 1 N–H and O–H groups in total. The zero-order valence-electron chi connectivity index (χ0n) is 17.3. The molecule has 0 radical (unpaired) electrons. The molecule has 0 saturated heterocycles. The van der Waals surface area contributed by atoms with E-state index in [1.165, 1.54) is 17.2 Å². The zero-order chi connectivity index (χ0) is 21.4. The maximum Gasteiger partial charge on any atom is 0.357 e. The molecule has 0 bridgehead atoms. The summed E-state index contributed by atoms with van der Waals surface area (Å²) in [5, 5.41) is 2.86. The number of carbonyl (C=O) groups excluding carboxylic acids is 3. The molecule has 1 heterocycles. The maximum atomic E-state index is 12.6. The summed E-state index contributed by atoms with van der Waals surface area (Å²) in [6.07, 6.45) is 2.14. The summed E-state index contributed by atoms with van der Waals surface area (Å²) in [6.45, 7) is 7.10. The number of hydrogen-bond donors (Lipinski definition) is 1. The molecule has 29 heavy (non-hydrogen) atoms. The molecule has 0 aliphatic rings. The van der Waals surface area contributed by atoms with Crippen molar-refractivity contribution in [3.05, 3.63) is 59.4 Å². The Labute approximate surface area is 171 Å². The number of benzene rings is 1. The maximum absolute atomic E-state index is 12.6. The van der Waals surface area contributed by atoms with Gasteiger partial charge in [-0.05, 0) is 56.5 Å². The van der Waals surface area contributed by atoms with Gasteiger partial charge in [-0.3, -0.25) is 9.59 Å². The van der Waals surface area contributed by atoms with E-state index in [4.69, 9.17) is 4.74 Å². The number of esters is 1. The molecule has 0 aliphatic heterocycles. The number of rotatable bonds is 8. The zero-order valence-corrected chi connectivity index (χ0v) is 17.3. The molecule has 1 atom stereocenters. The summed E-state index contributed by atoms with van der Waals surface area (Å²) in [5.74, 6) is -1.41. The van der Waals surface area contributed by atoms with Crippen molar-refractivity contribution in [1.82, 2.24) is 9.88 Å². The summed E-state index contributed by atoms with van der Waals surface area (Å²) in [7, 11) is 0. The lowest BCUT2D eigenvalue weighted by molar-refractivity contribution is -0.139. The molecular weight excluding hydrogens is 370 g/mol. The number of hydrogen-bond acceptors (Lipinski definition) is 5. The van der Waals surface area contributed by atoms with Crippen molar-refractivity contribution in [3.63, 3.8) is 0 Å². The van der Waals surface area contributed by atoms with Crippen LogP contribution in [0.15, 0.2) is 42.6 Å². The first-order valence-electron chi connectivity index (χ1n) is 9.57. The highest BCUT2D eigenvalue weighted by Crippen LogP contribution is 2.18. The number of aromatic nitrogens is 1. The van der Waals surface area contributed by atoms with Gasteiger partial charge in [0.15, 0.2) is 6.61 Å². The van der Waals surface area contributed by atoms with E-state index < -0.39 is 18.5 Å². The van der Waals surface area contributed by atoms with Gasteiger partial charge in [-0.2, -0.15) is 0 Å².